The minimum atomic E-state index is -0.558. The van der Waals surface area contributed by atoms with Gasteiger partial charge < -0.3 is 15.3 Å². The Morgan fingerprint density at radius 3 is 2.68 bits per heavy atom. The zero-order valence-electron chi connectivity index (χ0n) is 11.6. The molecule has 1 spiro atoms. The number of hydrogen-bond acceptors (Lipinski definition) is 5. The van der Waals surface area contributed by atoms with E-state index in [1.165, 1.54) is 0 Å². The van der Waals surface area contributed by atoms with Crippen molar-refractivity contribution in [1.29, 1.82) is 0 Å². The summed E-state index contributed by atoms with van der Waals surface area (Å²) in [7, 11) is 0. The number of nitrogens with two attached hydrogens (primary N) is 1. The summed E-state index contributed by atoms with van der Waals surface area (Å²) in [5.74, 6) is -0.959. The van der Waals surface area contributed by atoms with Gasteiger partial charge in [0, 0.05) is 12.8 Å². The molecule has 1 aliphatic carbocycles. The molecule has 0 bridgehead atoms. The van der Waals surface area contributed by atoms with Gasteiger partial charge in [0.25, 0.3) is 5.91 Å². The van der Waals surface area contributed by atoms with Crippen molar-refractivity contribution in [2.45, 2.75) is 57.7 Å². The predicted molar refractivity (Wildman–Crippen MR) is 68.2 cm³/mol. The Hall–Kier alpha value is -1.59. The largest absolute Gasteiger partial charge is 0.460 e. The van der Waals surface area contributed by atoms with Crippen molar-refractivity contribution < 1.29 is 19.2 Å². The molecule has 1 fully saturated rings. The van der Waals surface area contributed by atoms with E-state index in [4.69, 9.17) is 15.3 Å². The average Bonchev–Trinajstić information content (AvgIpc) is 2.85. The number of amides is 1. The number of primary amides is 1. The van der Waals surface area contributed by atoms with Gasteiger partial charge in [0.1, 0.15) is 16.9 Å². The van der Waals surface area contributed by atoms with Crippen LogP contribution in [0, 0.1) is 5.92 Å². The Labute approximate surface area is 112 Å². The third-order valence-corrected chi connectivity index (χ3v) is 3.43. The van der Waals surface area contributed by atoms with E-state index in [2.05, 4.69) is 5.16 Å². The molecule has 1 saturated carbocycles. The van der Waals surface area contributed by atoms with Crippen molar-refractivity contribution in [2.24, 2.45) is 16.8 Å². The molecule has 0 aromatic rings. The van der Waals surface area contributed by atoms with Crippen molar-refractivity contribution in [3.8, 4) is 0 Å². The molecular weight excluding hydrogens is 248 g/mol. The van der Waals surface area contributed by atoms with E-state index in [1.54, 1.807) is 0 Å². The summed E-state index contributed by atoms with van der Waals surface area (Å²) in [5, 5.41) is 3.73. The predicted octanol–water partition coefficient (Wildman–Crippen LogP) is 1.13. The van der Waals surface area contributed by atoms with Crippen LogP contribution in [0.5, 0.6) is 0 Å². The Balaban J connectivity index is 1.95. The minimum absolute atomic E-state index is 0.193. The highest BCUT2D eigenvalue weighted by Gasteiger charge is 2.49. The summed E-state index contributed by atoms with van der Waals surface area (Å²) in [5.41, 5.74) is 4.42. The molecule has 2 N–H and O–H groups in total. The number of hydrogen-bond donors (Lipinski definition) is 1. The summed E-state index contributed by atoms with van der Waals surface area (Å²) < 4.78 is 5.38. The molecular formula is C13H20N2O4. The summed E-state index contributed by atoms with van der Waals surface area (Å²) in [6.07, 6.45) is 2.30. The highest BCUT2D eigenvalue weighted by molar-refractivity contribution is 6.38. The molecule has 0 saturated heterocycles. The Bertz CT molecular complexity index is 438. The highest BCUT2D eigenvalue weighted by Crippen LogP contribution is 2.43. The molecule has 2 atom stereocenters. The summed E-state index contributed by atoms with van der Waals surface area (Å²) in [6, 6.07) is 0. The van der Waals surface area contributed by atoms with Gasteiger partial charge >= 0.3 is 5.97 Å². The molecule has 6 heteroatoms. The van der Waals surface area contributed by atoms with Crippen molar-refractivity contribution in [1.82, 2.24) is 0 Å². The van der Waals surface area contributed by atoms with Gasteiger partial charge in [0.15, 0.2) is 0 Å². The summed E-state index contributed by atoms with van der Waals surface area (Å²) in [6.45, 7) is 5.53. The Morgan fingerprint density at radius 2 is 2.16 bits per heavy atom. The molecule has 6 nitrogen and oxygen atoms in total. The van der Waals surface area contributed by atoms with E-state index in [1.807, 2.05) is 20.8 Å². The van der Waals surface area contributed by atoms with E-state index >= 15 is 0 Å². The first-order valence-corrected chi connectivity index (χ1v) is 6.48. The average molecular weight is 268 g/mol. The van der Waals surface area contributed by atoms with Crippen LogP contribution in [0.25, 0.3) is 0 Å². The maximum Gasteiger partial charge on any atom is 0.309 e. The summed E-state index contributed by atoms with van der Waals surface area (Å²) in [4.78, 5) is 28.4. The lowest BCUT2D eigenvalue weighted by molar-refractivity contribution is -0.160. The lowest BCUT2D eigenvalue weighted by atomic mass is 9.94. The molecule has 2 rings (SSSR count). The number of rotatable bonds is 2. The van der Waals surface area contributed by atoms with Gasteiger partial charge in [0.05, 0.1) is 5.92 Å². The maximum atomic E-state index is 12.0. The molecule has 0 aromatic carbocycles. The molecule has 2 unspecified atom stereocenters. The third kappa shape index (κ3) is 3.05. The van der Waals surface area contributed by atoms with Crippen LogP contribution in [0.15, 0.2) is 5.16 Å². The maximum absolute atomic E-state index is 12.0. The molecule has 1 amide bonds. The van der Waals surface area contributed by atoms with Crippen molar-refractivity contribution in [3.05, 3.63) is 0 Å². The zero-order chi connectivity index (χ0) is 14.3. The van der Waals surface area contributed by atoms with E-state index < -0.39 is 17.1 Å². The smallest absolute Gasteiger partial charge is 0.309 e. The third-order valence-electron chi connectivity index (χ3n) is 3.43. The van der Waals surface area contributed by atoms with Gasteiger partial charge in [0.2, 0.25) is 0 Å². The van der Waals surface area contributed by atoms with E-state index in [0.717, 1.165) is 0 Å². The Morgan fingerprint density at radius 1 is 1.47 bits per heavy atom. The number of esters is 1. The molecule has 1 aliphatic heterocycles. The zero-order valence-corrected chi connectivity index (χ0v) is 11.6. The first-order chi connectivity index (χ1) is 8.71. The fraction of sp³-hybridized carbons (Fsp3) is 0.769. The van der Waals surface area contributed by atoms with Crippen molar-refractivity contribution in [2.75, 3.05) is 0 Å². The fourth-order valence-electron chi connectivity index (χ4n) is 2.57. The van der Waals surface area contributed by atoms with Gasteiger partial charge in [-0.25, -0.2) is 0 Å². The number of nitrogens with zero attached hydrogens (tertiary/aromatic N) is 1. The van der Waals surface area contributed by atoms with Crippen LogP contribution < -0.4 is 5.73 Å². The minimum Gasteiger partial charge on any atom is -0.460 e. The number of oxime groups is 1. The number of carbonyl (C=O) groups excluding carboxylic acids is 2. The van der Waals surface area contributed by atoms with Crippen LogP contribution in [0.2, 0.25) is 0 Å². The van der Waals surface area contributed by atoms with Crippen LogP contribution in [0.4, 0.5) is 0 Å². The van der Waals surface area contributed by atoms with Gasteiger partial charge in [-0.05, 0) is 33.6 Å². The van der Waals surface area contributed by atoms with Crippen LogP contribution >= 0.6 is 0 Å². The highest BCUT2D eigenvalue weighted by atomic mass is 16.7. The van der Waals surface area contributed by atoms with Gasteiger partial charge in [-0.3, -0.25) is 9.59 Å². The summed E-state index contributed by atoms with van der Waals surface area (Å²) >= 11 is 0. The molecule has 19 heavy (non-hydrogen) atoms. The SMILES string of the molecule is CC(C)(C)OC(=O)C1CCC2(CC(C(N)=O)=NO2)C1. The fourth-order valence-corrected chi connectivity index (χ4v) is 2.57. The quantitative estimate of drug-likeness (QED) is 0.760. The van der Waals surface area contributed by atoms with Gasteiger partial charge in [-0.2, -0.15) is 0 Å². The van der Waals surface area contributed by atoms with Crippen LogP contribution in [-0.2, 0) is 19.2 Å². The van der Waals surface area contributed by atoms with Crippen LogP contribution in [0.1, 0.15) is 46.5 Å². The molecule has 0 aromatic heterocycles. The normalized spacial score (nSPS) is 30.1. The lowest BCUT2D eigenvalue weighted by Crippen LogP contribution is -2.32. The van der Waals surface area contributed by atoms with E-state index in [-0.39, 0.29) is 17.6 Å². The topological polar surface area (TPSA) is 91.0 Å². The van der Waals surface area contributed by atoms with Crippen molar-refractivity contribution in [3.63, 3.8) is 0 Å². The van der Waals surface area contributed by atoms with E-state index in [0.29, 0.717) is 25.7 Å². The monoisotopic (exact) mass is 268 g/mol. The van der Waals surface area contributed by atoms with Crippen molar-refractivity contribution >= 4 is 17.6 Å². The first-order valence-electron chi connectivity index (χ1n) is 6.48. The van der Waals surface area contributed by atoms with Gasteiger partial charge in [-0.15, -0.1) is 0 Å². The number of carbonyl (C=O) groups is 2. The molecule has 106 valence electrons. The molecule has 1 heterocycles. The standard InChI is InChI=1S/C13H20N2O4/c1-12(2,3)18-11(17)8-4-5-13(6-8)7-9(10(14)16)15-19-13/h8H,4-7H2,1-3H3,(H2,14,16). The molecule has 0 radical (unpaired) electrons. The number of ether oxygens (including phenoxy) is 1. The lowest BCUT2D eigenvalue weighted by Gasteiger charge is -2.23. The van der Waals surface area contributed by atoms with Crippen LogP contribution in [0.3, 0.4) is 0 Å². The van der Waals surface area contributed by atoms with E-state index in [9.17, 15) is 9.59 Å². The Kier molecular flexibility index (Phi) is 3.28. The second kappa shape index (κ2) is 4.51. The first kappa shape index (κ1) is 13.8. The van der Waals surface area contributed by atoms with Crippen LogP contribution in [-0.4, -0.2) is 28.8 Å². The molecule has 2 aliphatic rings. The second-order valence-corrected chi connectivity index (χ2v) is 6.33. The second-order valence-electron chi connectivity index (χ2n) is 6.33. The van der Waals surface area contributed by atoms with Gasteiger partial charge in [-0.1, -0.05) is 5.16 Å².